The van der Waals surface area contributed by atoms with Crippen LogP contribution in [0.1, 0.15) is 20.3 Å². The first-order chi connectivity index (χ1) is 6.20. The first-order valence-corrected chi connectivity index (χ1v) is 4.53. The van der Waals surface area contributed by atoms with Gasteiger partial charge in [0.15, 0.2) is 0 Å². The van der Waals surface area contributed by atoms with Gasteiger partial charge in [-0.15, -0.1) is 0 Å². The highest BCUT2D eigenvalue weighted by Gasteiger charge is 2.09. The number of imidazole rings is 1. The molecule has 4 N–H and O–H groups in total. The fraction of sp³-hybridized carbons (Fsp3) is 0.625. The molecule has 1 rings (SSSR count). The molecule has 0 aliphatic heterocycles. The summed E-state index contributed by atoms with van der Waals surface area (Å²) < 4.78 is 1.42. The molecular weight excluding hydrogens is 166 g/mol. The maximum atomic E-state index is 5.70. The lowest BCUT2D eigenvalue weighted by Crippen LogP contribution is -2.28. The fourth-order valence-electron chi connectivity index (χ4n) is 1.30. The third-order valence-corrected chi connectivity index (χ3v) is 2.01. The van der Waals surface area contributed by atoms with E-state index < -0.39 is 0 Å². The molecular formula is C8H17N5. The lowest BCUT2D eigenvalue weighted by molar-refractivity contribution is 0.762. The van der Waals surface area contributed by atoms with E-state index in [0.29, 0.717) is 5.95 Å². The highest BCUT2D eigenvalue weighted by molar-refractivity contribution is 5.44. The lowest BCUT2D eigenvalue weighted by atomic mass is 10.4. The van der Waals surface area contributed by atoms with Crippen LogP contribution in [0, 0.1) is 0 Å². The largest absolute Gasteiger partial charge is 0.368 e. The monoisotopic (exact) mass is 183 g/mol. The Kier molecular flexibility index (Phi) is 3.00. The Morgan fingerprint density at radius 1 is 1.54 bits per heavy atom. The molecule has 5 heteroatoms. The normalized spacial score (nSPS) is 10.3. The summed E-state index contributed by atoms with van der Waals surface area (Å²) in [5.74, 6) is 6.92. The maximum absolute atomic E-state index is 5.70. The Balaban J connectivity index is 2.84. The van der Waals surface area contributed by atoms with Gasteiger partial charge < -0.3 is 16.5 Å². The van der Waals surface area contributed by atoms with Gasteiger partial charge in [0.2, 0.25) is 5.95 Å². The van der Waals surface area contributed by atoms with Crippen molar-refractivity contribution in [2.45, 2.75) is 20.3 Å². The van der Waals surface area contributed by atoms with Crippen LogP contribution in [-0.2, 0) is 0 Å². The minimum atomic E-state index is 0.351. The second kappa shape index (κ2) is 4.02. The van der Waals surface area contributed by atoms with Gasteiger partial charge in [0.25, 0.3) is 0 Å². The summed E-state index contributed by atoms with van der Waals surface area (Å²) in [5, 5.41) is 0. The Labute approximate surface area is 78.3 Å². The third-order valence-electron chi connectivity index (χ3n) is 2.01. The van der Waals surface area contributed by atoms with Crippen molar-refractivity contribution in [1.82, 2.24) is 9.66 Å². The zero-order valence-electron chi connectivity index (χ0n) is 8.20. The highest BCUT2D eigenvalue weighted by Crippen LogP contribution is 2.14. The summed E-state index contributed by atoms with van der Waals surface area (Å²) >= 11 is 0. The van der Waals surface area contributed by atoms with E-state index in [0.717, 1.165) is 25.3 Å². The second-order valence-corrected chi connectivity index (χ2v) is 2.92. The van der Waals surface area contributed by atoms with Crippen molar-refractivity contribution < 1.29 is 0 Å². The number of nitrogens with zero attached hydrogens (tertiary/aromatic N) is 3. The summed E-state index contributed by atoms with van der Waals surface area (Å²) in [4.78, 5) is 6.08. The Hall–Kier alpha value is -1.39. The molecule has 0 amide bonds. The van der Waals surface area contributed by atoms with Gasteiger partial charge in [-0.2, -0.15) is 0 Å². The number of rotatable bonds is 4. The molecule has 0 radical (unpaired) electrons. The minimum absolute atomic E-state index is 0.351. The van der Waals surface area contributed by atoms with Crippen molar-refractivity contribution in [3.63, 3.8) is 0 Å². The molecule has 13 heavy (non-hydrogen) atoms. The van der Waals surface area contributed by atoms with Crippen LogP contribution < -0.4 is 16.5 Å². The van der Waals surface area contributed by atoms with E-state index in [1.165, 1.54) is 4.68 Å². The number of aromatic nitrogens is 2. The van der Waals surface area contributed by atoms with Gasteiger partial charge in [-0.1, -0.05) is 6.92 Å². The Bertz CT molecular complexity index is 267. The zero-order valence-corrected chi connectivity index (χ0v) is 8.20. The number of nitrogens with two attached hydrogens (primary N) is 2. The van der Waals surface area contributed by atoms with Gasteiger partial charge in [0, 0.05) is 13.1 Å². The van der Waals surface area contributed by atoms with Gasteiger partial charge in [0.05, 0.1) is 6.20 Å². The molecule has 0 unspecified atom stereocenters. The average molecular weight is 183 g/mol. The summed E-state index contributed by atoms with van der Waals surface area (Å²) in [6.07, 6.45) is 2.79. The van der Waals surface area contributed by atoms with Crippen LogP contribution in [0.15, 0.2) is 6.20 Å². The van der Waals surface area contributed by atoms with E-state index >= 15 is 0 Å². The van der Waals surface area contributed by atoms with Gasteiger partial charge in [-0.3, -0.25) is 0 Å². The smallest absolute Gasteiger partial charge is 0.220 e. The molecule has 0 saturated heterocycles. The van der Waals surface area contributed by atoms with Gasteiger partial charge in [-0.25, -0.2) is 9.66 Å². The first-order valence-electron chi connectivity index (χ1n) is 4.53. The zero-order chi connectivity index (χ0) is 9.84. The summed E-state index contributed by atoms with van der Waals surface area (Å²) in [7, 11) is 0. The van der Waals surface area contributed by atoms with Crippen molar-refractivity contribution in [2.24, 2.45) is 0 Å². The third kappa shape index (κ3) is 1.85. The minimum Gasteiger partial charge on any atom is -0.368 e. The Morgan fingerprint density at radius 2 is 2.23 bits per heavy atom. The highest BCUT2D eigenvalue weighted by atomic mass is 15.4. The SMILES string of the molecule is CCCN(CC)c1cnc(N)n1N. The second-order valence-electron chi connectivity index (χ2n) is 2.92. The average Bonchev–Trinajstić information content (AvgIpc) is 2.45. The maximum Gasteiger partial charge on any atom is 0.220 e. The van der Waals surface area contributed by atoms with Crippen molar-refractivity contribution in [2.75, 3.05) is 29.6 Å². The van der Waals surface area contributed by atoms with Crippen LogP contribution >= 0.6 is 0 Å². The predicted molar refractivity (Wildman–Crippen MR) is 55.0 cm³/mol. The first kappa shape index (κ1) is 9.70. The fourth-order valence-corrected chi connectivity index (χ4v) is 1.30. The number of hydrogen-bond donors (Lipinski definition) is 2. The van der Waals surface area contributed by atoms with E-state index in [9.17, 15) is 0 Å². The van der Waals surface area contributed by atoms with Gasteiger partial charge in [-0.05, 0) is 13.3 Å². The van der Waals surface area contributed by atoms with Crippen molar-refractivity contribution >= 4 is 11.8 Å². The van der Waals surface area contributed by atoms with Crippen molar-refractivity contribution in [3.8, 4) is 0 Å². The standard InChI is InChI=1S/C8H17N5/c1-3-5-12(4-2)7-6-11-8(9)13(7)10/h6H,3-5,10H2,1-2H3,(H2,9,11). The Morgan fingerprint density at radius 3 is 2.62 bits per heavy atom. The topological polar surface area (TPSA) is 73.1 Å². The number of anilines is 2. The van der Waals surface area contributed by atoms with E-state index in [1.54, 1.807) is 6.20 Å². The van der Waals surface area contributed by atoms with Gasteiger partial charge in [0.1, 0.15) is 5.82 Å². The van der Waals surface area contributed by atoms with Crippen molar-refractivity contribution in [1.29, 1.82) is 0 Å². The van der Waals surface area contributed by atoms with Crippen LogP contribution in [0.5, 0.6) is 0 Å². The molecule has 0 aromatic carbocycles. The number of nitrogen functional groups attached to an aromatic ring is 2. The van der Waals surface area contributed by atoms with Crippen molar-refractivity contribution in [3.05, 3.63) is 6.20 Å². The molecule has 0 spiro atoms. The van der Waals surface area contributed by atoms with Crippen LogP contribution in [0.3, 0.4) is 0 Å². The molecule has 1 aromatic heterocycles. The molecule has 5 nitrogen and oxygen atoms in total. The van der Waals surface area contributed by atoms with E-state index in [2.05, 4.69) is 23.7 Å². The molecule has 0 atom stereocenters. The summed E-state index contributed by atoms with van der Waals surface area (Å²) in [6, 6.07) is 0. The molecule has 0 bridgehead atoms. The van der Waals surface area contributed by atoms with Crippen LogP contribution in [-0.4, -0.2) is 22.7 Å². The molecule has 0 fully saturated rings. The summed E-state index contributed by atoms with van der Waals surface area (Å²) in [5.41, 5.74) is 5.53. The van der Waals surface area contributed by atoms with E-state index in [-0.39, 0.29) is 0 Å². The quantitative estimate of drug-likeness (QED) is 0.663. The molecule has 74 valence electrons. The molecule has 0 aliphatic rings. The van der Waals surface area contributed by atoms with Gasteiger partial charge >= 0.3 is 0 Å². The molecule has 0 aliphatic carbocycles. The molecule has 1 aromatic rings. The predicted octanol–water partition coefficient (Wildman–Crippen LogP) is 0.415. The molecule has 1 heterocycles. The van der Waals surface area contributed by atoms with E-state index in [4.69, 9.17) is 11.6 Å². The van der Waals surface area contributed by atoms with Crippen LogP contribution in [0.25, 0.3) is 0 Å². The lowest BCUT2D eigenvalue weighted by Gasteiger charge is -2.21. The van der Waals surface area contributed by atoms with E-state index in [1.807, 2.05) is 0 Å². The molecule has 0 saturated carbocycles. The number of hydrogen-bond acceptors (Lipinski definition) is 4. The van der Waals surface area contributed by atoms with Crippen LogP contribution in [0.2, 0.25) is 0 Å². The summed E-state index contributed by atoms with van der Waals surface area (Å²) in [6.45, 7) is 6.09. The van der Waals surface area contributed by atoms with Crippen LogP contribution in [0.4, 0.5) is 11.8 Å².